The number of benzene rings is 2. The second-order valence-electron chi connectivity index (χ2n) is 4.75. The Morgan fingerprint density at radius 1 is 0.947 bits per heavy atom. The van der Waals surface area contributed by atoms with Gasteiger partial charge in [-0.05, 0) is 32.0 Å². The number of hydrogen-bond donors (Lipinski definition) is 0. The highest BCUT2D eigenvalue weighted by molar-refractivity contribution is 5.80. The van der Waals surface area contributed by atoms with Gasteiger partial charge in [0.25, 0.3) is 0 Å². The number of para-hydroxylation sites is 1. The normalized spacial score (nSPS) is 10.8. The van der Waals surface area contributed by atoms with E-state index in [1.165, 1.54) is 0 Å². The Morgan fingerprint density at radius 3 is 2.53 bits per heavy atom. The molecule has 19 heavy (non-hydrogen) atoms. The van der Waals surface area contributed by atoms with Crippen LogP contribution >= 0.6 is 0 Å². The minimum absolute atomic E-state index is 0.0401. The van der Waals surface area contributed by atoms with Crippen molar-refractivity contribution in [1.29, 1.82) is 0 Å². The molecule has 0 atom stereocenters. The first-order valence-corrected chi connectivity index (χ1v) is 6.26. The molecule has 1 heterocycles. The van der Waals surface area contributed by atoms with Gasteiger partial charge in [0.15, 0.2) is 5.43 Å². The molecule has 3 rings (SSSR count). The van der Waals surface area contributed by atoms with Gasteiger partial charge >= 0.3 is 0 Å². The van der Waals surface area contributed by atoms with Crippen LogP contribution in [-0.2, 0) is 0 Å². The number of rotatable bonds is 1. The van der Waals surface area contributed by atoms with Crippen molar-refractivity contribution in [2.24, 2.45) is 0 Å². The lowest BCUT2D eigenvalue weighted by Crippen LogP contribution is -2.07. The van der Waals surface area contributed by atoms with Crippen molar-refractivity contribution >= 4 is 11.0 Å². The molecule has 0 radical (unpaired) electrons. The summed E-state index contributed by atoms with van der Waals surface area (Å²) in [6.45, 7) is 3.84. The van der Waals surface area contributed by atoms with Gasteiger partial charge in [-0.2, -0.15) is 0 Å². The second kappa shape index (κ2) is 4.39. The van der Waals surface area contributed by atoms with Gasteiger partial charge in [-0.25, -0.2) is 0 Å². The standard InChI is InChI=1S/C17H14O2/c1-11-6-5-7-13(10-11)17-12(2)16(18)14-8-3-4-9-15(14)19-17/h3-10H,1-2H3. The van der Waals surface area contributed by atoms with E-state index in [0.29, 0.717) is 22.3 Å². The predicted octanol–water partition coefficient (Wildman–Crippen LogP) is 4.08. The Kier molecular flexibility index (Phi) is 2.71. The minimum atomic E-state index is 0.0401. The Balaban J connectivity index is 2.36. The third-order valence-electron chi connectivity index (χ3n) is 3.31. The predicted molar refractivity (Wildman–Crippen MR) is 77.4 cm³/mol. The molecule has 2 heteroatoms. The number of fused-ring (bicyclic) bond motifs is 1. The van der Waals surface area contributed by atoms with Crippen LogP contribution in [0.15, 0.2) is 57.7 Å². The van der Waals surface area contributed by atoms with Crippen LogP contribution in [0.2, 0.25) is 0 Å². The topological polar surface area (TPSA) is 30.2 Å². The first kappa shape index (κ1) is 11.7. The van der Waals surface area contributed by atoms with E-state index in [4.69, 9.17) is 4.42 Å². The summed E-state index contributed by atoms with van der Waals surface area (Å²) < 4.78 is 5.91. The van der Waals surface area contributed by atoms with Gasteiger partial charge in [0, 0.05) is 11.1 Å². The maximum atomic E-state index is 12.3. The van der Waals surface area contributed by atoms with Crippen LogP contribution in [0.3, 0.4) is 0 Å². The van der Waals surface area contributed by atoms with E-state index in [2.05, 4.69) is 0 Å². The van der Waals surface area contributed by atoms with E-state index in [9.17, 15) is 4.79 Å². The van der Waals surface area contributed by atoms with Crippen LogP contribution < -0.4 is 5.43 Å². The van der Waals surface area contributed by atoms with Crippen molar-refractivity contribution in [3.05, 3.63) is 69.9 Å². The molecule has 0 aliphatic heterocycles. The van der Waals surface area contributed by atoms with Crippen LogP contribution in [0.5, 0.6) is 0 Å². The Morgan fingerprint density at radius 2 is 1.74 bits per heavy atom. The van der Waals surface area contributed by atoms with Gasteiger partial charge in [0.2, 0.25) is 0 Å². The molecule has 0 aliphatic carbocycles. The Bertz CT molecular complexity index is 813. The zero-order chi connectivity index (χ0) is 13.4. The monoisotopic (exact) mass is 250 g/mol. The summed E-state index contributed by atoms with van der Waals surface area (Å²) in [6.07, 6.45) is 0. The molecule has 0 saturated heterocycles. The smallest absolute Gasteiger partial charge is 0.196 e. The molecule has 0 bridgehead atoms. The van der Waals surface area contributed by atoms with Gasteiger partial charge in [-0.3, -0.25) is 4.79 Å². The van der Waals surface area contributed by atoms with Crippen LogP contribution in [0.1, 0.15) is 11.1 Å². The molecule has 0 amide bonds. The van der Waals surface area contributed by atoms with Gasteiger partial charge in [0.1, 0.15) is 11.3 Å². The summed E-state index contributed by atoms with van der Waals surface area (Å²) in [6, 6.07) is 15.3. The molecule has 0 N–H and O–H groups in total. The van der Waals surface area contributed by atoms with Gasteiger partial charge in [-0.15, -0.1) is 0 Å². The summed E-state index contributed by atoms with van der Waals surface area (Å²) in [5.41, 5.74) is 3.42. The zero-order valence-electron chi connectivity index (χ0n) is 10.9. The third-order valence-corrected chi connectivity index (χ3v) is 3.31. The first-order chi connectivity index (χ1) is 9.16. The summed E-state index contributed by atoms with van der Waals surface area (Å²) in [4.78, 5) is 12.3. The quantitative estimate of drug-likeness (QED) is 0.651. The largest absolute Gasteiger partial charge is 0.456 e. The molecule has 3 aromatic rings. The highest BCUT2D eigenvalue weighted by atomic mass is 16.3. The van der Waals surface area contributed by atoms with Gasteiger partial charge in [-0.1, -0.05) is 35.9 Å². The summed E-state index contributed by atoms with van der Waals surface area (Å²) in [5, 5.41) is 0.636. The SMILES string of the molecule is Cc1cccc(-c2oc3ccccc3c(=O)c2C)c1. The fourth-order valence-electron chi connectivity index (χ4n) is 2.30. The van der Waals surface area contributed by atoms with Crippen LogP contribution in [0, 0.1) is 13.8 Å². The molecule has 94 valence electrons. The molecule has 0 fully saturated rings. The van der Waals surface area contributed by atoms with Crippen molar-refractivity contribution in [2.45, 2.75) is 13.8 Å². The van der Waals surface area contributed by atoms with E-state index >= 15 is 0 Å². The van der Waals surface area contributed by atoms with E-state index in [1.807, 2.05) is 56.3 Å². The van der Waals surface area contributed by atoms with Crippen molar-refractivity contribution in [2.75, 3.05) is 0 Å². The van der Waals surface area contributed by atoms with Crippen molar-refractivity contribution in [3.8, 4) is 11.3 Å². The lowest BCUT2D eigenvalue weighted by molar-refractivity contribution is 0.614. The fraction of sp³-hybridized carbons (Fsp3) is 0.118. The maximum Gasteiger partial charge on any atom is 0.196 e. The Labute approximate surface area is 111 Å². The molecule has 1 aromatic heterocycles. The van der Waals surface area contributed by atoms with E-state index in [-0.39, 0.29) is 5.43 Å². The van der Waals surface area contributed by atoms with Crippen LogP contribution in [-0.4, -0.2) is 0 Å². The van der Waals surface area contributed by atoms with Crippen LogP contribution in [0.4, 0.5) is 0 Å². The average Bonchev–Trinajstić information content (AvgIpc) is 2.43. The van der Waals surface area contributed by atoms with Crippen LogP contribution in [0.25, 0.3) is 22.3 Å². The summed E-state index contributed by atoms with van der Waals surface area (Å²) in [5.74, 6) is 0.660. The molecule has 2 nitrogen and oxygen atoms in total. The summed E-state index contributed by atoms with van der Waals surface area (Å²) >= 11 is 0. The Hall–Kier alpha value is -2.35. The lowest BCUT2D eigenvalue weighted by Gasteiger charge is -2.07. The second-order valence-corrected chi connectivity index (χ2v) is 4.75. The lowest BCUT2D eigenvalue weighted by atomic mass is 10.0. The molecule has 0 spiro atoms. The minimum Gasteiger partial charge on any atom is -0.456 e. The van der Waals surface area contributed by atoms with Crippen molar-refractivity contribution < 1.29 is 4.42 Å². The van der Waals surface area contributed by atoms with Crippen molar-refractivity contribution in [3.63, 3.8) is 0 Å². The van der Waals surface area contributed by atoms with Crippen molar-refractivity contribution in [1.82, 2.24) is 0 Å². The number of aryl methyl sites for hydroxylation is 1. The van der Waals surface area contributed by atoms with E-state index in [1.54, 1.807) is 6.07 Å². The van der Waals surface area contributed by atoms with E-state index in [0.717, 1.165) is 11.1 Å². The third kappa shape index (κ3) is 1.95. The molecular formula is C17H14O2. The molecule has 2 aromatic carbocycles. The maximum absolute atomic E-state index is 12.3. The highest BCUT2D eigenvalue weighted by Crippen LogP contribution is 2.25. The molecule has 0 unspecified atom stereocenters. The van der Waals surface area contributed by atoms with E-state index < -0.39 is 0 Å². The average molecular weight is 250 g/mol. The fourth-order valence-corrected chi connectivity index (χ4v) is 2.30. The molecular weight excluding hydrogens is 236 g/mol. The highest BCUT2D eigenvalue weighted by Gasteiger charge is 2.11. The van der Waals surface area contributed by atoms with Gasteiger partial charge < -0.3 is 4.42 Å². The molecule has 0 saturated carbocycles. The number of hydrogen-bond acceptors (Lipinski definition) is 2. The summed E-state index contributed by atoms with van der Waals surface area (Å²) in [7, 11) is 0. The first-order valence-electron chi connectivity index (χ1n) is 6.26. The molecule has 0 aliphatic rings. The van der Waals surface area contributed by atoms with Gasteiger partial charge in [0.05, 0.1) is 5.39 Å². The zero-order valence-corrected chi connectivity index (χ0v) is 10.9.